The number of hydrogen-bond donors (Lipinski definition) is 1. The molecule has 2 aromatic rings. The molecule has 1 amide bonds. The summed E-state index contributed by atoms with van der Waals surface area (Å²) in [5.41, 5.74) is 2.07. The summed E-state index contributed by atoms with van der Waals surface area (Å²) in [7, 11) is 0. The molecule has 0 fully saturated rings. The summed E-state index contributed by atoms with van der Waals surface area (Å²) in [6.45, 7) is 0. The number of nitrogens with one attached hydrogen (secondary N) is 1. The van der Waals surface area contributed by atoms with Gasteiger partial charge >= 0.3 is 0 Å². The van der Waals surface area contributed by atoms with E-state index in [1.54, 1.807) is 30.8 Å². The Kier molecular flexibility index (Phi) is 3.63. The maximum Gasteiger partial charge on any atom is 0.244 e. The Morgan fingerprint density at radius 2 is 2.20 bits per heavy atom. The van der Waals surface area contributed by atoms with Crippen LogP contribution in [0.5, 0.6) is 0 Å². The predicted molar refractivity (Wildman–Crippen MR) is 75.8 cm³/mol. The van der Waals surface area contributed by atoms with Gasteiger partial charge in [-0.05, 0) is 42.7 Å². The summed E-state index contributed by atoms with van der Waals surface area (Å²) >= 11 is 0. The fraction of sp³-hybridized carbons (Fsp3) is 0.250. The van der Waals surface area contributed by atoms with Crippen LogP contribution in [0.1, 0.15) is 35.8 Å². The number of amides is 1. The number of furan rings is 1. The molecule has 2 aromatic heterocycles. The van der Waals surface area contributed by atoms with Crippen LogP contribution in [0.3, 0.4) is 0 Å². The molecule has 1 N–H and O–H groups in total. The Labute approximate surface area is 117 Å². The molecular weight excluding hydrogens is 252 g/mol. The van der Waals surface area contributed by atoms with Crippen LogP contribution in [0.2, 0.25) is 0 Å². The number of fused-ring (bicyclic) bond motifs is 1. The van der Waals surface area contributed by atoms with E-state index in [9.17, 15) is 4.79 Å². The summed E-state index contributed by atoms with van der Waals surface area (Å²) in [5, 5.41) is 3.03. The molecule has 0 aliphatic heterocycles. The van der Waals surface area contributed by atoms with Crippen molar-refractivity contribution in [2.45, 2.75) is 25.3 Å². The van der Waals surface area contributed by atoms with E-state index in [-0.39, 0.29) is 11.9 Å². The topological polar surface area (TPSA) is 55.1 Å². The van der Waals surface area contributed by atoms with Gasteiger partial charge in [-0.15, -0.1) is 0 Å². The highest BCUT2D eigenvalue weighted by Crippen LogP contribution is 2.30. The molecule has 0 spiro atoms. The van der Waals surface area contributed by atoms with Gasteiger partial charge in [0.1, 0.15) is 5.76 Å². The monoisotopic (exact) mass is 268 g/mol. The van der Waals surface area contributed by atoms with Crippen LogP contribution in [-0.2, 0) is 11.2 Å². The fourth-order valence-corrected chi connectivity index (χ4v) is 2.50. The molecule has 2 heterocycles. The van der Waals surface area contributed by atoms with Crippen molar-refractivity contribution in [3.63, 3.8) is 0 Å². The number of carbonyl (C=O) groups is 1. The van der Waals surface area contributed by atoms with E-state index in [4.69, 9.17) is 4.42 Å². The third-order valence-corrected chi connectivity index (χ3v) is 3.50. The number of hydrogen-bond acceptors (Lipinski definition) is 3. The van der Waals surface area contributed by atoms with E-state index in [0.29, 0.717) is 0 Å². The maximum absolute atomic E-state index is 12.0. The van der Waals surface area contributed by atoms with Crippen molar-refractivity contribution in [3.05, 3.63) is 59.8 Å². The zero-order valence-corrected chi connectivity index (χ0v) is 11.1. The molecule has 102 valence electrons. The Morgan fingerprint density at radius 3 is 3.05 bits per heavy atom. The van der Waals surface area contributed by atoms with Gasteiger partial charge in [0, 0.05) is 30.5 Å². The predicted octanol–water partition coefficient (Wildman–Crippen LogP) is 2.88. The van der Waals surface area contributed by atoms with E-state index < -0.39 is 0 Å². The molecule has 1 aliphatic rings. The van der Waals surface area contributed by atoms with Crippen molar-refractivity contribution in [2.24, 2.45) is 0 Å². The summed E-state index contributed by atoms with van der Waals surface area (Å²) in [6.07, 6.45) is 11.4. The lowest BCUT2D eigenvalue weighted by molar-refractivity contribution is -0.117. The molecule has 0 radical (unpaired) electrons. The first-order valence-corrected chi connectivity index (χ1v) is 6.78. The first kappa shape index (κ1) is 12.7. The maximum atomic E-state index is 12.0. The number of aromatic nitrogens is 1. The Hall–Kier alpha value is -2.36. The summed E-state index contributed by atoms with van der Waals surface area (Å²) in [4.78, 5) is 15.9. The van der Waals surface area contributed by atoms with E-state index in [1.165, 1.54) is 0 Å². The Bertz CT molecular complexity index is 616. The number of nitrogens with zero attached hydrogens (tertiary/aromatic N) is 1. The standard InChI is InChI=1S/C16H16N2O2/c19-16(5-4-12-6-9-17-10-7-12)18-14-2-1-3-15-13(14)8-11-20-15/h4-11,14H,1-3H2,(H,18,19)/b5-4+. The molecule has 4 nitrogen and oxygen atoms in total. The number of pyridine rings is 1. The molecule has 20 heavy (non-hydrogen) atoms. The molecule has 3 rings (SSSR count). The van der Waals surface area contributed by atoms with Crippen LogP contribution in [0.15, 0.2) is 47.3 Å². The van der Waals surface area contributed by atoms with Gasteiger partial charge < -0.3 is 9.73 Å². The van der Waals surface area contributed by atoms with Crippen molar-refractivity contribution in [3.8, 4) is 0 Å². The van der Waals surface area contributed by atoms with E-state index in [2.05, 4.69) is 10.3 Å². The highest BCUT2D eigenvalue weighted by Gasteiger charge is 2.23. The minimum Gasteiger partial charge on any atom is -0.469 e. The van der Waals surface area contributed by atoms with Gasteiger partial charge in [0.05, 0.1) is 12.3 Å². The van der Waals surface area contributed by atoms with E-state index >= 15 is 0 Å². The SMILES string of the molecule is O=C(/C=C/c1ccncc1)NC1CCCc2occc21. The zero-order chi connectivity index (χ0) is 13.8. The van der Waals surface area contributed by atoms with Gasteiger partial charge in [-0.1, -0.05) is 0 Å². The van der Waals surface area contributed by atoms with Crippen LogP contribution in [0.25, 0.3) is 6.08 Å². The van der Waals surface area contributed by atoms with Gasteiger partial charge in [0.2, 0.25) is 5.91 Å². The largest absolute Gasteiger partial charge is 0.469 e. The highest BCUT2D eigenvalue weighted by atomic mass is 16.3. The summed E-state index contributed by atoms with van der Waals surface area (Å²) in [5.74, 6) is 0.917. The Balaban J connectivity index is 1.65. The first-order chi connectivity index (χ1) is 9.83. The van der Waals surface area contributed by atoms with Crippen molar-refractivity contribution in [2.75, 3.05) is 0 Å². The van der Waals surface area contributed by atoms with Crippen LogP contribution >= 0.6 is 0 Å². The van der Waals surface area contributed by atoms with Crippen LogP contribution in [-0.4, -0.2) is 10.9 Å². The smallest absolute Gasteiger partial charge is 0.244 e. The molecule has 4 heteroatoms. The molecule has 1 unspecified atom stereocenters. The number of rotatable bonds is 3. The average Bonchev–Trinajstić information content (AvgIpc) is 2.96. The van der Waals surface area contributed by atoms with E-state index in [1.807, 2.05) is 18.2 Å². The van der Waals surface area contributed by atoms with E-state index in [0.717, 1.165) is 36.1 Å². The lowest BCUT2D eigenvalue weighted by atomic mass is 9.93. The molecule has 0 bridgehead atoms. The molecule has 1 atom stereocenters. The minimum atomic E-state index is -0.0825. The molecule has 1 aliphatic carbocycles. The van der Waals surface area contributed by atoms with Gasteiger partial charge in [-0.2, -0.15) is 0 Å². The van der Waals surface area contributed by atoms with Crippen LogP contribution < -0.4 is 5.32 Å². The molecule has 0 saturated heterocycles. The normalized spacial score (nSPS) is 17.9. The van der Waals surface area contributed by atoms with Gasteiger partial charge in [0.15, 0.2) is 0 Å². The van der Waals surface area contributed by atoms with Crippen molar-refractivity contribution in [1.82, 2.24) is 10.3 Å². The molecule has 0 saturated carbocycles. The number of carbonyl (C=O) groups excluding carboxylic acids is 1. The molecular formula is C16H16N2O2. The second kappa shape index (κ2) is 5.74. The quantitative estimate of drug-likeness (QED) is 0.871. The van der Waals surface area contributed by atoms with Crippen LogP contribution in [0.4, 0.5) is 0 Å². The van der Waals surface area contributed by atoms with Crippen molar-refractivity contribution >= 4 is 12.0 Å². The van der Waals surface area contributed by atoms with Crippen molar-refractivity contribution < 1.29 is 9.21 Å². The minimum absolute atomic E-state index is 0.0621. The fourth-order valence-electron chi connectivity index (χ4n) is 2.50. The summed E-state index contributed by atoms with van der Waals surface area (Å²) < 4.78 is 5.42. The average molecular weight is 268 g/mol. The molecule has 0 aromatic carbocycles. The third kappa shape index (κ3) is 2.79. The third-order valence-electron chi connectivity index (χ3n) is 3.50. The summed E-state index contributed by atoms with van der Waals surface area (Å²) in [6, 6.07) is 5.73. The van der Waals surface area contributed by atoms with Crippen LogP contribution in [0, 0.1) is 0 Å². The second-order valence-electron chi connectivity index (χ2n) is 4.87. The van der Waals surface area contributed by atoms with Gasteiger partial charge in [-0.3, -0.25) is 9.78 Å². The lowest BCUT2D eigenvalue weighted by Gasteiger charge is -2.21. The number of aryl methyl sites for hydroxylation is 1. The lowest BCUT2D eigenvalue weighted by Crippen LogP contribution is -2.28. The van der Waals surface area contributed by atoms with Crippen molar-refractivity contribution in [1.29, 1.82) is 0 Å². The zero-order valence-electron chi connectivity index (χ0n) is 11.1. The van der Waals surface area contributed by atoms with Gasteiger partial charge in [-0.25, -0.2) is 0 Å². The highest BCUT2D eigenvalue weighted by molar-refractivity contribution is 5.92. The Morgan fingerprint density at radius 1 is 1.35 bits per heavy atom. The van der Waals surface area contributed by atoms with Gasteiger partial charge in [0.25, 0.3) is 0 Å². The second-order valence-corrected chi connectivity index (χ2v) is 4.87. The first-order valence-electron chi connectivity index (χ1n) is 6.78.